The maximum atomic E-state index is 11.5. The fraction of sp³-hybridized carbons (Fsp3) is 0.154. The van der Waals surface area contributed by atoms with Crippen molar-refractivity contribution in [3.63, 3.8) is 0 Å². The van der Waals surface area contributed by atoms with Crippen LogP contribution in [0.3, 0.4) is 0 Å². The summed E-state index contributed by atoms with van der Waals surface area (Å²) in [6, 6.07) is 10.4. The molecule has 0 saturated heterocycles. The van der Waals surface area contributed by atoms with Crippen LogP contribution in [0.5, 0.6) is 0 Å². The summed E-state index contributed by atoms with van der Waals surface area (Å²) in [4.78, 5) is 11.5. The summed E-state index contributed by atoms with van der Waals surface area (Å²) < 4.78 is 1.62. The molecule has 0 amide bonds. The van der Waals surface area contributed by atoms with Crippen LogP contribution in [-0.2, 0) is 6.54 Å². The van der Waals surface area contributed by atoms with Crippen molar-refractivity contribution in [2.45, 2.75) is 6.54 Å². The second-order valence-electron chi connectivity index (χ2n) is 3.76. The molecule has 3 nitrogen and oxygen atoms in total. The average Bonchev–Trinajstić information content (AvgIpc) is 2.35. The predicted octanol–water partition coefficient (Wildman–Crippen LogP) is 3.27. The van der Waals surface area contributed by atoms with Crippen LogP contribution in [0, 0.1) is 0 Å². The number of hydrogen-bond donors (Lipinski definition) is 1. The molecule has 0 atom stereocenters. The molecule has 1 aromatic carbocycles. The molecule has 1 N–H and O–H groups in total. The maximum Gasteiger partial charge on any atom is 0.250 e. The fourth-order valence-electron chi connectivity index (χ4n) is 1.61. The first-order valence-corrected chi connectivity index (χ1v) is 6.27. The van der Waals surface area contributed by atoms with Crippen LogP contribution in [-0.4, -0.2) is 11.1 Å². The molecule has 1 aromatic heterocycles. The molecule has 0 aliphatic rings. The molecule has 94 valence electrons. The molecule has 0 unspecified atom stereocenters. The summed E-state index contributed by atoms with van der Waals surface area (Å²) in [5.74, 6) is 0. The quantitative estimate of drug-likeness (QED) is 0.934. The number of nitrogens with one attached hydrogen (secondary N) is 1. The second-order valence-corrected chi connectivity index (χ2v) is 4.57. The van der Waals surface area contributed by atoms with Crippen molar-refractivity contribution < 1.29 is 0 Å². The van der Waals surface area contributed by atoms with E-state index in [1.54, 1.807) is 35.0 Å². The molecule has 2 rings (SSSR count). The zero-order chi connectivity index (χ0) is 13.0. The summed E-state index contributed by atoms with van der Waals surface area (Å²) in [5, 5.41) is 4.28. The van der Waals surface area contributed by atoms with E-state index in [0.29, 0.717) is 28.8 Å². The molecule has 0 fully saturated rings. The van der Waals surface area contributed by atoms with Gasteiger partial charge in [0.05, 0.1) is 15.7 Å². The highest BCUT2D eigenvalue weighted by atomic mass is 35.5. The lowest BCUT2D eigenvalue weighted by Crippen LogP contribution is -2.22. The number of anilines is 1. The van der Waals surface area contributed by atoms with E-state index in [2.05, 4.69) is 5.32 Å². The Morgan fingerprint density at radius 3 is 2.44 bits per heavy atom. The Morgan fingerprint density at radius 1 is 1.06 bits per heavy atom. The van der Waals surface area contributed by atoms with E-state index in [1.807, 2.05) is 6.07 Å². The van der Waals surface area contributed by atoms with Gasteiger partial charge in [-0.3, -0.25) is 4.79 Å². The number of rotatable bonds is 4. The predicted molar refractivity (Wildman–Crippen MR) is 75.7 cm³/mol. The Bertz CT molecular complexity index is 575. The van der Waals surface area contributed by atoms with Crippen molar-refractivity contribution in [1.82, 2.24) is 4.57 Å². The first kappa shape index (κ1) is 13.0. The van der Waals surface area contributed by atoms with E-state index in [4.69, 9.17) is 23.2 Å². The van der Waals surface area contributed by atoms with Crippen molar-refractivity contribution in [3.8, 4) is 0 Å². The SMILES string of the molecule is O=c1ccccn1CCNc1c(Cl)cccc1Cl. The third kappa shape index (κ3) is 3.06. The lowest BCUT2D eigenvalue weighted by molar-refractivity contribution is 0.697. The Hall–Kier alpha value is -1.45. The van der Waals surface area contributed by atoms with E-state index in [0.717, 1.165) is 0 Å². The van der Waals surface area contributed by atoms with E-state index in [9.17, 15) is 4.79 Å². The van der Waals surface area contributed by atoms with Gasteiger partial charge in [0.15, 0.2) is 0 Å². The van der Waals surface area contributed by atoms with Crippen LogP contribution < -0.4 is 10.9 Å². The van der Waals surface area contributed by atoms with Crippen molar-refractivity contribution >= 4 is 28.9 Å². The number of aromatic nitrogens is 1. The van der Waals surface area contributed by atoms with Gasteiger partial charge in [0.2, 0.25) is 0 Å². The smallest absolute Gasteiger partial charge is 0.250 e. The minimum Gasteiger partial charge on any atom is -0.381 e. The molecule has 0 aliphatic carbocycles. The molecule has 1 heterocycles. The number of nitrogens with zero attached hydrogens (tertiary/aromatic N) is 1. The molecular weight excluding hydrogens is 271 g/mol. The first-order valence-electron chi connectivity index (χ1n) is 5.52. The topological polar surface area (TPSA) is 34.0 Å². The van der Waals surface area contributed by atoms with Crippen LogP contribution in [0.2, 0.25) is 10.0 Å². The highest BCUT2D eigenvalue weighted by Gasteiger charge is 2.04. The highest BCUT2D eigenvalue weighted by molar-refractivity contribution is 6.39. The van der Waals surface area contributed by atoms with E-state index >= 15 is 0 Å². The fourth-order valence-corrected chi connectivity index (χ4v) is 2.14. The summed E-state index contributed by atoms with van der Waals surface area (Å²) in [7, 11) is 0. The van der Waals surface area contributed by atoms with E-state index < -0.39 is 0 Å². The summed E-state index contributed by atoms with van der Waals surface area (Å²) in [6.45, 7) is 1.13. The Labute approximate surface area is 115 Å². The van der Waals surface area contributed by atoms with Gasteiger partial charge < -0.3 is 9.88 Å². The molecule has 0 spiro atoms. The number of benzene rings is 1. The summed E-state index contributed by atoms with van der Waals surface area (Å²) in [6.07, 6.45) is 1.75. The minimum absolute atomic E-state index is 0.0236. The van der Waals surface area contributed by atoms with Crippen LogP contribution in [0.25, 0.3) is 0 Å². The Morgan fingerprint density at radius 2 is 1.78 bits per heavy atom. The van der Waals surface area contributed by atoms with Gasteiger partial charge in [0.1, 0.15) is 0 Å². The largest absolute Gasteiger partial charge is 0.381 e. The van der Waals surface area contributed by atoms with Crippen molar-refractivity contribution in [1.29, 1.82) is 0 Å². The van der Waals surface area contributed by atoms with E-state index in [1.165, 1.54) is 6.07 Å². The normalized spacial score (nSPS) is 10.3. The lowest BCUT2D eigenvalue weighted by Gasteiger charge is -2.11. The number of halogens is 2. The Kier molecular flexibility index (Phi) is 4.28. The van der Waals surface area contributed by atoms with Crippen LogP contribution in [0.4, 0.5) is 5.69 Å². The monoisotopic (exact) mass is 282 g/mol. The summed E-state index contributed by atoms with van der Waals surface area (Å²) in [5.41, 5.74) is 0.675. The molecule has 0 aliphatic heterocycles. The molecule has 0 bridgehead atoms. The minimum atomic E-state index is -0.0236. The lowest BCUT2D eigenvalue weighted by atomic mass is 10.3. The zero-order valence-corrected chi connectivity index (χ0v) is 11.1. The first-order chi connectivity index (χ1) is 8.68. The molecule has 0 radical (unpaired) electrons. The van der Waals surface area contributed by atoms with Gasteiger partial charge in [0.25, 0.3) is 5.56 Å². The third-order valence-corrected chi connectivity index (χ3v) is 3.15. The maximum absolute atomic E-state index is 11.5. The van der Waals surface area contributed by atoms with Crippen LogP contribution >= 0.6 is 23.2 Å². The molecule has 5 heteroatoms. The summed E-state index contributed by atoms with van der Waals surface area (Å²) >= 11 is 12.1. The number of pyridine rings is 1. The third-order valence-electron chi connectivity index (χ3n) is 2.52. The van der Waals surface area contributed by atoms with Gasteiger partial charge in [-0.15, -0.1) is 0 Å². The van der Waals surface area contributed by atoms with Gasteiger partial charge >= 0.3 is 0 Å². The van der Waals surface area contributed by atoms with Gasteiger partial charge in [-0.25, -0.2) is 0 Å². The highest BCUT2D eigenvalue weighted by Crippen LogP contribution is 2.29. The van der Waals surface area contributed by atoms with Gasteiger partial charge in [0, 0.05) is 25.4 Å². The Balaban J connectivity index is 2.01. The van der Waals surface area contributed by atoms with Crippen molar-refractivity contribution in [2.75, 3.05) is 11.9 Å². The van der Waals surface area contributed by atoms with E-state index in [-0.39, 0.29) is 5.56 Å². The van der Waals surface area contributed by atoms with Gasteiger partial charge in [-0.1, -0.05) is 35.3 Å². The van der Waals surface area contributed by atoms with Crippen molar-refractivity contribution in [2.24, 2.45) is 0 Å². The molecule has 18 heavy (non-hydrogen) atoms. The zero-order valence-electron chi connectivity index (χ0n) is 9.57. The standard InChI is InChI=1S/C13H12Cl2N2O/c14-10-4-3-5-11(15)13(10)16-7-9-17-8-2-1-6-12(17)18/h1-6,8,16H,7,9H2. The number of para-hydroxylation sites is 1. The van der Waals surface area contributed by atoms with Crippen LogP contribution in [0.15, 0.2) is 47.4 Å². The van der Waals surface area contributed by atoms with Gasteiger partial charge in [-0.2, -0.15) is 0 Å². The number of hydrogen-bond acceptors (Lipinski definition) is 2. The van der Waals surface area contributed by atoms with Gasteiger partial charge in [-0.05, 0) is 18.2 Å². The average molecular weight is 283 g/mol. The second kappa shape index (κ2) is 5.94. The van der Waals surface area contributed by atoms with Crippen LogP contribution in [0.1, 0.15) is 0 Å². The molecular formula is C13H12Cl2N2O. The van der Waals surface area contributed by atoms with Crippen molar-refractivity contribution in [3.05, 3.63) is 63.0 Å². The molecule has 2 aromatic rings. The molecule has 0 saturated carbocycles.